The van der Waals surface area contributed by atoms with Crippen molar-refractivity contribution in [2.45, 2.75) is 31.7 Å². The van der Waals surface area contributed by atoms with Gasteiger partial charge in [0, 0.05) is 5.38 Å². The first-order chi connectivity index (χ1) is 6.42. The highest BCUT2D eigenvalue weighted by Crippen LogP contribution is 2.34. The fourth-order valence-electron chi connectivity index (χ4n) is 2.22. The molecule has 1 saturated carbocycles. The van der Waals surface area contributed by atoms with Crippen molar-refractivity contribution in [3.8, 4) is 0 Å². The molecule has 0 aliphatic heterocycles. The van der Waals surface area contributed by atoms with Crippen LogP contribution in [0.4, 0.5) is 0 Å². The molecule has 1 fully saturated rings. The van der Waals surface area contributed by atoms with Gasteiger partial charge in [-0.1, -0.05) is 17.3 Å². The highest BCUT2D eigenvalue weighted by molar-refractivity contribution is 7.03. The summed E-state index contributed by atoms with van der Waals surface area (Å²) in [6.07, 6.45) is 5.42. The Hall–Kier alpha value is -0.480. The summed E-state index contributed by atoms with van der Waals surface area (Å²) in [7, 11) is 2.02. The van der Waals surface area contributed by atoms with Gasteiger partial charge in [-0.05, 0) is 37.3 Å². The molecule has 1 aromatic rings. The lowest BCUT2D eigenvalue weighted by molar-refractivity contribution is 0.382. The molecular weight excluding hydrogens is 182 g/mol. The van der Waals surface area contributed by atoms with E-state index in [1.807, 2.05) is 7.05 Å². The Bertz CT molecular complexity index is 241. The van der Waals surface area contributed by atoms with Gasteiger partial charge in [-0.15, -0.1) is 5.10 Å². The van der Waals surface area contributed by atoms with Gasteiger partial charge >= 0.3 is 0 Å². The van der Waals surface area contributed by atoms with Crippen LogP contribution in [0.1, 0.15) is 37.4 Å². The van der Waals surface area contributed by atoms with Crippen molar-refractivity contribution in [2.75, 3.05) is 7.05 Å². The molecule has 1 heterocycles. The van der Waals surface area contributed by atoms with Gasteiger partial charge in [0.05, 0.1) is 11.7 Å². The second-order valence-corrected chi connectivity index (χ2v) is 4.25. The topological polar surface area (TPSA) is 37.8 Å². The van der Waals surface area contributed by atoms with E-state index in [0.29, 0.717) is 6.04 Å². The van der Waals surface area contributed by atoms with Crippen molar-refractivity contribution < 1.29 is 0 Å². The third-order valence-electron chi connectivity index (χ3n) is 2.88. The maximum absolute atomic E-state index is 4.14. The van der Waals surface area contributed by atoms with Crippen LogP contribution in [0.5, 0.6) is 0 Å². The molecule has 0 saturated heterocycles. The molecule has 0 amide bonds. The first-order valence-electron chi connectivity index (χ1n) is 4.86. The van der Waals surface area contributed by atoms with E-state index >= 15 is 0 Å². The summed E-state index contributed by atoms with van der Waals surface area (Å²) in [4.78, 5) is 0. The molecule has 13 heavy (non-hydrogen) atoms. The standard InChI is InChI=1S/C9H15N3S/c1-10-9(7-4-2-3-5-7)8-6-13-12-11-8/h6-7,9-10H,2-5H2,1H3. The molecule has 0 spiro atoms. The van der Waals surface area contributed by atoms with E-state index < -0.39 is 0 Å². The maximum atomic E-state index is 4.14. The molecule has 0 radical (unpaired) electrons. The number of rotatable bonds is 3. The van der Waals surface area contributed by atoms with Gasteiger partial charge in [0.25, 0.3) is 0 Å². The van der Waals surface area contributed by atoms with Gasteiger partial charge < -0.3 is 5.32 Å². The molecule has 1 unspecified atom stereocenters. The molecule has 3 nitrogen and oxygen atoms in total. The Morgan fingerprint density at radius 2 is 2.31 bits per heavy atom. The third kappa shape index (κ3) is 1.89. The summed E-state index contributed by atoms with van der Waals surface area (Å²) in [5, 5.41) is 9.54. The van der Waals surface area contributed by atoms with Gasteiger partial charge in [0.15, 0.2) is 0 Å². The van der Waals surface area contributed by atoms with E-state index in [1.165, 1.54) is 37.2 Å². The second kappa shape index (κ2) is 4.15. The van der Waals surface area contributed by atoms with Crippen molar-refractivity contribution >= 4 is 11.5 Å². The molecule has 0 aromatic carbocycles. The second-order valence-electron chi connectivity index (χ2n) is 3.64. The normalized spacial score (nSPS) is 20.7. The maximum Gasteiger partial charge on any atom is 0.0927 e. The fraction of sp³-hybridized carbons (Fsp3) is 0.778. The predicted octanol–water partition coefficient (Wildman–Crippen LogP) is 1.99. The molecule has 1 aromatic heterocycles. The zero-order valence-electron chi connectivity index (χ0n) is 7.86. The lowest BCUT2D eigenvalue weighted by atomic mass is 9.96. The van der Waals surface area contributed by atoms with Crippen LogP contribution < -0.4 is 5.32 Å². The molecule has 0 bridgehead atoms. The minimum absolute atomic E-state index is 0.432. The van der Waals surface area contributed by atoms with Crippen molar-refractivity contribution in [2.24, 2.45) is 5.92 Å². The number of nitrogens with one attached hydrogen (secondary N) is 1. The van der Waals surface area contributed by atoms with Gasteiger partial charge in [0.1, 0.15) is 0 Å². The molecule has 1 aliphatic rings. The van der Waals surface area contributed by atoms with Crippen LogP contribution in [-0.2, 0) is 0 Å². The number of hydrogen-bond acceptors (Lipinski definition) is 4. The van der Waals surface area contributed by atoms with E-state index in [4.69, 9.17) is 0 Å². The minimum Gasteiger partial charge on any atom is -0.311 e. The molecular formula is C9H15N3S. The van der Waals surface area contributed by atoms with Gasteiger partial charge in [-0.2, -0.15) is 0 Å². The zero-order chi connectivity index (χ0) is 9.10. The first-order valence-corrected chi connectivity index (χ1v) is 5.69. The summed E-state index contributed by atoms with van der Waals surface area (Å²) in [5.41, 5.74) is 1.12. The van der Waals surface area contributed by atoms with Gasteiger partial charge in [-0.25, -0.2) is 0 Å². The lowest BCUT2D eigenvalue weighted by Crippen LogP contribution is -2.23. The van der Waals surface area contributed by atoms with E-state index in [9.17, 15) is 0 Å². The Balaban J connectivity index is 2.08. The SMILES string of the molecule is CNC(c1csnn1)C1CCCC1. The Morgan fingerprint density at radius 1 is 1.54 bits per heavy atom. The van der Waals surface area contributed by atoms with Crippen LogP contribution in [0.3, 0.4) is 0 Å². The number of aromatic nitrogens is 2. The zero-order valence-corrected chi connectivity index (χ0v) is 8.68. The van der Waals surface area contributed by atoms with Crippen molar-refractivity contribution in [3.63, 3.8) is 0 Å². The molecule has 72 valence electrons. The average molecular weight is 197 g/mol. The van der Waals surface area contributed by atoms with Crippen molar-refractivity contribution in [1.82, 2.24) is 14.9 Å². The molecule has 1 N–H and O–H groups in total. The van der Waals surface area contributed by atoms with Gasteiger partial charge in [-0.3, -0.25) is 0 Å². The van der Waals surface area contributed by atoms with E-state index in [1.54, 1.807) is 0 Å². The number of hydrogen-bond donors (Lipinski definition) is 1. The van der Waals surface area contributed by atoms with Crippen LogP contribution in [-0.4, -0.2) is 16.6 Å². The quantitative estimate of drug-likeness (QED) is 0.805. The molecule has 1 aliphatic carbocycles. The van der Waals surface area contributed by atoms with Crippen LogP contribution in [0.15, 0.2) is 5.38 Å². The van der Waals surface area contributed by atoms with E-state index in [0.717, 1.165) is 11.6 Å². The van der Waals surface area contributed by atoms with E-state index in [-0.39, 0.29) is 0 Å². The van der Waals surface area contributed by atoms with Gasteiger partial charge in [0.2, 0.25) is 0 Å². The van der Waals surface area contributed by atoms with Crippen LogP contribution >= 0.6 is 11.5 Å². The smallest absolute Gasteiger partial charge is 0.0927 e. The molecule has 4 heteroatoms. The van der Waals surface area contributed by atoms with Crippen molar-refractivity contribution in [3.05, 3.63) is 11.1 Å². The first kappa shape index (κ1) is 9.09. The highest BCUT2D eigenvalue weighted by atomic mass is 32.1. The van der Waals surface area contributed by atoms with Crippen LogP contribution in [0.2, 0.25) is 0 Å². The number of nitrogens with zero attached hydrogens (tertiary/aromatic N) is 2. The molecule has 2 rings (SSSR count). The monoisotopic (exact) mass is 197 g/mol. The molecule has 1 atom stereocenters. The van der Waals surface area contributed by atoms with E-state index in [2.05, 4.69) is 20.3 Å². The minimum atomic E-state index is 0.432. The summed E-state index contributed by atoms with van der Waals surface area (Å²) in [6.45, 7) is 0. The van der Waals surface area contributed by atoms with Crippen LogP contribution in [0, 0.1) is 5.92 Å². The Labute approximate surface area is 82.7 Å². The highest BCUT2D eigenvalue weighted by Gasteiger charge is 2.26. The fourth-order valence-corrected chi connectivity index (χ4v) is 2.71. The Kier molecular flexibility index (Phi) is 2.90. The largest absolute Gasteiger partial charge is 0.311 e. The van der Waals surface area contributed by atoms with Crippen molar-refractivity contribution in [1.29, 1.82) is 0 Å². The predicted molar refractivity (Wildman–Crippen MR) is 53.7 cm³/mol. The summed E-state index contributed by atoms with van der Waals surface area (Å²) >= 11 is 1.44. The summed E-state index contributed by atoms with van der Waals surface area (Å²) in [6, 6.07) is 0.432. The third-order valence-corrected chi connectivity index (χ3v) is 3.40. The Morgan fingerprint density at radius 3 is 2.85 bits per heavy atom. The lowest BCUT2D eigenvalue weighted by Gasteiger charge is -2.20. The summed E-state index contributed by atoms with van der Waals surface area (Å²) in [5.74, 6) is 0.772. The average Bonchev–Trinajstić information content (AvgIpc) is 2.76. The van der Waals surface area contributed by atoms with Crippen LogP contribution in [0.25, 0.3) is 0 Å². The summed E-state index contributed by atoms with van der Waals surface area (Å²) < 4.78 is 3.91.